The van der Waals surface area contributed by atoms with Crippen molar-refractivity contribution < 1.29 is 4.79 Å². The Bertz CT molecular complexity index is 845. The number of nitrogens with zero attached hydrogens (tertiary/aromatic N) is 4. The zero-order chi connectivity index (χ0) is 18.7. The Morgan fingerprint density at radius 2 is 2.04 bits per heavy atom. The van der Waals surface area contributed by atoms with Gasteiger partial charge in [-0.05, 0) is 38.5 Å². The monoisotopic (exact) mass is 407 g/mol. The number of hydrogen-bond acceptors (Lipinski definition) is 7. The van der Waals surface area contributed by atoms with Gasteiger partial charge in [0.15, 0.2) is 8.68 Å². The predicted octanol–water partition coefficient (Wildman–Crippen LogP) is 4.40. The average Bonchev–Trinajstić information content (AvgIpc) is 3.35. The van der Waals surface area contributed by atoms with E-state index >= 15 is 0 Å². The van der Waals surface area contributed by atoms with Crippen LogP contribution in [0.25, 0.3) is 0 Å². The van der Waals surface area contributed by atoms with Crippen LogP contribution in [0.5, 0.6) is 0 Å². The summed E-state index contributed by atoms with van der Waals surface area (Å²) in [7, 11) is 0. The number of thioether (sulfide) groups is 2. The second-order valence-corrected chi connectivity index (χ2v) is 9.48. The fourth-order valence-corrected chi connectivity index (χ4v) is 5.58. The molecule has 2 aromatic heterocycles. The standard InChI is InChI=1S/C17H21N5OS3/c1-10-11(2)22(12-6-4-5-7-12)15(13(10)8-18)19-14(23)9-25-17-21-20-16(24-3)26-17/h12H,4-7,9H2,1-3H3,(H,19,23). The Hall–Kier alpha value is -1.50. The van der Waals surface area contributed by atoms with Crippen LogP contribution in [0.4, 0.5) is 5.82 Å². The summed E-state index contributed by atoms with van der Waals surface area (Å²) < 4.78 is 3.84. The second kappa shape index (κ2) is 8.46. The summed E-state index contributed by atoms with van der Waals surface area (Å²) in [5.74, 6) is 0.785. The van der Waals surface area contributed by atoms with Crippen LogP contribution in [0.1, 0.15) is 48.5 Å². The summed E-state index contributed by atoms with van der Waals surface area (Å²) in [6, 6.07) is 2.64. The van der Waals surface area contributed by atoms with Gasteiger partial charge in [0, 0.05) is 11.7 Å². The molecular formula is C17H21N5OS3. The Kier molecular flexibility index (Phi) is 6.27. The van der Waals surface area contributed by atoms with Gasteiger partial charge in [-0.2, -0.15) is 5.26 Å². The maximum atomic E-state index is 12.5. The molecule has 3 rings (SSSR count). The van der Waals surface area contributed by atoms with Gasteiger partial charge in [-0.1, -0.05) is 47.7 Å². The molecule has 1 fully saturated rings. The van der Waals surface area contributed by atoms with Gasteiger partial charge in [-0.3, -0.25) is 4.79 Å². The SMILES string of the molecule is CSc1nnc(SCC(=O)Nc2c(C#N)c(C)c(C)n2C2CCCC2)s1. The van der Waals surface area contributed by atoms with Gasteiger partial charge in [0.1, 0.15) is 11.9 Å². The van der Waals surface area contributed by atoms with Crippen molar-refractivity contribution in [2.24, 2.45) is 0 Å². The fraction of sp³-hybridized carbons (Fsp3) is 0.529. The number of nitriles is 1. The van der Waals surface area contributed by atoms with E-state index in [9.17, 15) is 10.1 Å². The second-order valence-electron chi connectivity index (χ2n) is 6.23. The number of amides is 1. The number of anilines is 1. The molecule has 0 saturated heterocycles. The molecule has 0 bridgehead atoms. The van der Waals surface area contributed by atoms with Crippen molar-refractivity contribution in [1.29, 1.82) is 5.26 Å². The van der Waals surface area contributed by atoms with Crippen molar-refractivity contribution >= 4 is 46.6 Å². The topological polar surface area (TPSA) is 83.6 Å². The summed E-state index contributed by atoms with van der Waals surface area (Å²) >= 11 is 4.40. The molecule has 0 spiro atoms. The minimum atomic E-state index is -0.121. The molecule has 6 nitrogen and oxygen atoms in total. The van der Waals surface area contributed by atoms with E-state index in [1.165, 1.54) is 35.9 Å². The van der Waals surface area contributed by atoms with Crippen molar-refractivity contribution in [3.8, 4) is 6.07 Å². The van der Waals surface area contributed by atoms with E-state index in [-0.39, 0.29) is 11.7 Å². The van der Waals surface area contributed by atoms with E-state index in [1.807, 2.05) is 20.1 Å². The van der Waals surface area contributed by atoms with Crippen LogP contribution in [0.15, 0.2) is 8.68 Å². The molecule has 0 unspecified atom stereocenters. The number of rotatable bonds is 6. The van der Waals surface area contributed by atoms with Crippen molar-refractivity contribution in [2.45, 2.75) is 54.3 Å². The molecule has 1 N–H and O–H groups in total. The highest BCUT2D eigenvalue weighted by Gasteiger charge is 2.26. The van der Waals surface area contributed by atoms with Gasteiger partial charge < -0.3 is 9.88 Å². The summed E-state index contributed by atoms with van der Waals surface area (Å²) in [5.41, 5.74) is 2.61. The van der Waals surface area contributed by atoms with E-state index in [4.69, 9.17) is 0 Å². The number of nitrogens with one attached hydrogen (secondary N) is 1. The summed E-state index contributed by atoms with van der Waals surface area (Å²) in [6.07, 6.45) is 6.54. The van der Waals surface area contributed by atoms with Gasteiger partial charge in [-0.15, -0.1) is 10.2 Å². The lowest BCUT2D eigenvalue weighted by molar-refractivity contribution is -0.113. The Morgan fingerprint density at radius 1 is 1.35 bits per heavy atom. The average molecular weight is 408 g/mol. The van der Waals surface area contributed by atoms with Crippen LogP contribution in [-0.4, -0.2) is 32.7 Å². The molecule has 9 heteroatoms. The smallest absolute Gasteiger partial charge is 0.235 e. The molecule has 1 amide bonds. The van der Waals surface area contributed by atoms with Crippen molar-refractivity contribution in [2.75, 3.05) is 17.3 Å². The van der Waals surface area contributed by atoms with E-state index in [0.717, 1.165) is 32.8 Å². The van der Waals surface area contributed by atoms with Crippen molar-refractivity contribution in [3.05, 3.63) is 16.8 Å². The number of carbonyl (C=O) groups excluding carboxylic acids is 1. The molecule has 1 aliphatic carbocycles. The van der Waals surface area contributed by atoms with Gasteiger partial charge in [0.05, 0.1) is 11.3 Å². The van der Waals surface area contributed by atoms with Crippen LogP contribution in [0.3, 0.4) is 0 Å². The quantitative estimate of drug-likeness (QED) is 0.715. The van der Waals surface area contributed by atoms with E-state index < -0.39 is 0 Å². The number of aromatic nitrogens is 3. The molecule has 1 aliphatic rings. The molecule has 2 aromatic rings. The molecular weight excluding hydrogens is 386 g/mol. The van der Waals surface area contributed by atoms with E-state index in [2.05, 4.69) is 26.2 Å². The van der Waals surface area contributed by atoms with Crippen LogP contribution in [0, 0.1) is 25.2 Å². The van der Waals surface area contributed by atoms with Gasteiger partial charge >= 0.3 is 0 Å². The van der Waals surface area contributed by atoms with E-state index in [0.29, 0.717) is 17.4 Å². The van der Waals surface area contributed by atoms with Crippen LogP contribution < -0.4 is 5.32 Å². The highest BCUT2D eigenvalue weighted by Crippen LogP contribution is 2.38. The molecule has 0 radical (unpaired) electrons. The van der Waals surface area contributed by atoms with Crippen LogP contribution in [-0.2, 0) is 4.79 Å². The molecule has 0 aliphatic heterocycles. The van der Waals surface area contributed by atoms with Crippen molar-refractivity contribution in [3.63, 3.8) is 0 Å². The lowest BCUT2D eigenvalue weighted by Crippen LogP contribution is -2.19. The molecule has 0 atom stereocenters. The van der Waals surface area contributed by atoms with Crippen molar-refractivity contribution in [1.82, 2.24) is 14.8 Å². The number of carbonyl (C=O) groups is 1. The third kappa shape index (κ3) is 3.92. The molecule has 2 heterocycles. The molecule has 26 heavy (non-hydrogen) atoms. The van der Waals surface area contributed by atoms with Gasteiger partial charge in [0.25, 0.3) is 0 Å². The fourth-order valence-electron chi connectivity index (χ4n) is 3.34. The minimum Gasteiger partial charge on any atom is -0.327 e. The largest absolute Gasteiger partial charge is 0.327 e. The predicted molar refractivity (Wildman–Crippen MR) is 107 cm³/mol. The minimum absolute atomic E-state index is 0.121. The lowest BCUT2D eigenvalue weighted by atomic mass is 10.2. The Labute approximate surface area is 165 Å². The van der Waals surface area contributed by atoms with Crippen LogP contribution in [0.2, 0.25) is 0 Å². The van der Waals surface area contributed by atoms with Gasteiger partial charge in [-0.25, -0.2) is 0 Å². The zero-order valence-corrected chi connectivity index (χ0v) is 17.5. The van der Waals surface area contributed by atoms with E-state index in [1.54, 1.807) is 11.8 Å². The summed E-state index contributed by atoms with van der Waals surface area (Å²) in [6.45, 7) is 3.99. The zero-order valence-electron chi connectivity index (χ0n) is 15.0. The first kappa shape index (κ1) is 19.3. The third-order valence-electron chi connectivity index (χ3n) is 4.71. The number of hydrogen-bond donors (Lipinski definition) is 1. The lowest BCUT2D eigenvalue weighted by Gasteiger charge is -2.19. The van der Waals surface area contributed by atoms with Crippen LogP contribution >= 0.6 is 34.9 Å². The Morgan fingerprint density at radius 3 is 2.65 bits per heavy atom. The first-order valence-electron chi connectivity index (χ1n) is 8.46. The first-order valence-corrected chi connectivity index (χ1v) is 11.5. The highest BCUT2D eigenvalue weighted by molar-refractivity contribution is 8.03. The summed E-state index contributed by atoms with van der Waals surface area (Å²) in [5, 5.41) is 20.7. The maximum Gasteiger partial charge on any atom is 0.235 e. The first-order chi connectivity index (χ1) is 12.5. The molecule has 1 saturated carbocycles. The summed E-state index contributed by atoms with van der Waals surface area (Å²) in [4.78, 5) is 12.5. The highest BCUT2D eigenvalue weighted by atomic mass is 32.2. The molecule has 138 valence electrons. The van der Waals surface area contributed by atoms with Gasteiger partial charge in [0.2, 0.25) is 5.91 Å². The third-order valence-corrected chi connectivity index (χ3v) is 7.74. The molecule has 0 aromatic carbocycles. The maximum absolute atomic E-state index is 12.5. The Balaban J connectivity index is 1.76. The normalized spacial score (nSPS) is 14.5.